The molecule has 6 nitrogen and oxygen atoms in total. The number of carbonyl (C=O) groups excluding carboxylic acids is 3. The fourth-order valence-corrected chi connectivity index (χ4v) is 6.01. The lowest BCUT2D eigenvalue weighted by Crippen LogP contribution is -2.30. The van der Waals surface area contributed by atoms with Crippen LogP contribution in [-0.4, -0.2) is 17.7 Å². The molecule has 0 aliphatic carbocycles. The number of thioether (sulfide) groups is 1. The van der Waals surface area contributed by atoms with Gasteiger partial charge in [0.05, 0.1) is 0 Å². The van der Waals surface area contributed by atoms with Crippen molar-refractivity contribution in [3.63, 3.8) is 0 Å². The van der Waals surface area contributed by atoms with E-state index in [0.29, 0.717) is 16.0 Å². The highest BCUT2D eigenvalue weighted by atomic mass is 32.2. The van der Waals surface area contributed by atoms with Crippen molar-refractivity contribution < 1.29 is 45.1 Å². The molecule has 0 saturated heterocycles. The number of aryl methyl sites for hydroxylation is 1. The Balaban J connectivity index is 1.42. The van der Waals surface area contributed by atoms with Crippen LogP contribution in [0.5, 0.6) is 0 Å². The van der Waals surface area contributed by atoms with Crippen LogP contribution in [0, 0.1) is 30.2 Å². The number of carbonyl (C=O) groups is 3. The minimum atomic E-state index is -5.76. The van der Waals surface area contributed by atoms with E-state index in [2.05, 4.69) is 10.6 Å². The standard InChI is InChI=1S/C38H26F7N3O3S/c1-21-10-8-11-22(18-21)19-27(47-35(49)24-14-6-3-7-15-24)36(50)46-25-16-9-17-26(20-25)52-34(23-12-4-2-5-13-23)37(51)48-33-31(41)29(39)28(38(43,44)45)30(40)32(33)42/h2-20,34H,1H3,(H,46,50)(H,47,49)(H,48,51)/b27-19+. The molecule has 1 unspecified atom stereocenters. The van der Waals surface area contributed by atoms with Crippen LogP contribution < -0.4 is 16.0 Å². The number of hydrogen-bond donors (Lipinski definition) is 3. The second-order valence-electron chi connectivity index (χ2n) is 11.2. The van der Waals surface area contributed by atoms with Crippen LogP contribution >= 0.6 is 11.8 Å². The first-order valence-corrected chi connectivity index (χ1v) is 16.1. The van der Waals surface area contributed by atoms with E-state index in [1.54, 1.807) is 59.9 Å². The summed E-state index contributed by atoms with van der Waals surface area (Å²) in [6.45, 7) is 1.86. The van der Waals surface area contributed by atoms with E-state index < -0.39 is 63.7 Å². The summed E-state index contributed by atoms with van der Waals surface area (Å²) >= 11 is 0.798. The summed E-state index contributed by atoms with van der Waals surface area (Å²) in [5.74, 6) is -12.8. The number of hydrogen-bond acceptors (Lipinski definition) is 4. The molecule has 5 rings (SSSR count). The van der Waals surface area contributed by atoms with E-state index in [9.17, 15) is 45.1 Å². The van der Waals surface area contributed by atoms with Gasteiger partial charge in [-0.15, -0.1) is 11.8 Å². The molecular formula is C38H26F7N3O3S. The molecule has 3 N–H and O–H groups in total. The normalized spacial score (nSPS) is 12.2. The van der Waals surface area contributed by atoms with Crippen molar-refractivity contribution >= 4 is 46.9 Å². The van der Waals surface area contributed by atoms with Gasteiger partial charge in [-0.25, -0.2) is 17.6 Å². The van der Waals surface area contributed by atoms with Crippen molar-refractivity contribution in [1.29, 1.82) is 0 Å². The van der Waals surface area contributed by atoms with Gasteiger partial charge in [-0.2, -0.15) is 13.2 Å². The van der Waals surface area contributed by atoms with Gasteiger partial charge in [-0.1, -0.05) is 84.4 Å². The van der Waals surface area contributed by atoms with Crippen molar-refractivity contribution in [3.8, 4) is 0 Å². The molecule has 0 heterocycles. The molecule has 14 heteroatoms. The average molecular weight is 738 g/mol. The summed E-state index contributed by atoms with van der Waals surface area (Å²) in [7, 11) is 0. The van der Waals surface area contributed by atoms with E-state index in [1.165, 1.54) is 54.6 Å². The molecule has 0 aromatic heterocycles. The first-order valence-electron chi connectivity index (χ1n) is 15.2. The molecule has 0 aliphatic heterocycles. The molecule has 0 aliphatic rings. The molecule has 0 saturated carbocycles. The Morgan fingerprint density at radius 3 is 1.94 bits per heavy atom. The Morgan fingerprint density at radius 2 is 1.33 bits per heavy atom. The van der Waals surface area contributed by atoms with Crippen molar-refractivity contribution in [2.45, 2.75) is 23.2 Å². The summed E-state index contributed by atoms with van der Waals surface area (Å²) in [5.41, 5.74) is -2.32. The maximum absolute atomic E-state index is 14.7. The summed E-state index contributed by atoms with van der Waals surface area (Å²) in [6, 6.07) is 29.0. The summed E-state index contributed by atoms with van der Waals surface area (Å²) in [4.78, 5) is 40.3. The highest BCUT2D eigenvalue weighted by Gasteiger charge is 2.43. The van der Waals surface area contributed by atoms with Crippen LogP contribution in [0.1, 0.15) is 37.9 Å². The number of benzene rings is 5. The quantitative estimate of drug-likeness (QED) is 0.0577. The maximum atomic E-state index is 14.7. The number of amides is 3. The van der Waals surface area contributed by atoms with Crippen LogP contribution in [0.4, 0.5) is 42.1 Å². The summed E-state index contributed by atoms with van der Waals surface area (Å²) in [6.07, 6.45) is -4.27. The third-order valence-corrected chi connectivity index (χ3v) is 8.61. The maximum Gasteiger partial charge on any atom is 0.422 e. The second kappa shape index (κ2) is 16.0. The fourth-order valence-electron chi connectivity index (χ4n) is 4.93. The third kappa shape index (κ3) is 8.87. The first kappa shape index (κ1) is 37.4. The average Bonchev–Trinajstić information content (AvgIpc) is 3.11. The molecule has 0 fully saturated rings. The number of nitrogens with one attached hydrogen (secondary N) is 3. The van der Waals surface area contributed by atoms with Crippen LogP contribution in [0.3, 0.4) is 0 Å². The first-order chi connectivity index (χ1) is 24.7. The molecule has 266 valence electrons. The predicted octanol–water partition coefficient (Wildman–Crippen LogP) is 9.45. The van der Waals surface area contributed by atoms with Crippen LogP contribution in [0.15, 0.2) is 120 Å². The smallest absolute Gasteiger partial charge is 0.321 e. The van der Waals surface area contributed by atoms with Gasteiger partial charge in [-0.3, -0.25) is 14.4 Å². The molecule has 0 bridgehead atoms. The molecular weight excluding hydrogens is 711 g/mol. The third-order valence-electron chi connectivity index (χ3n) is 7.36. The van der Waals surface area contributed by atoms with Gasteiger partial charge < -0.3 is 16.0 Å². The van der Waals surface area contributed by atoms with E-state index in [0.717, 1.165) is 17.3 Å². The molecule has 0 radical (unpaired) electrons. The Labute approximate surface area is 296 Å². The minimum absolute atomic E-state index is 0.0980. The Bertz CT molecular complexity index is 2130. The van der Waals surface area contributed by atoms with Crippen molar-refractivity contribution in [3.05, 3.63) is 166 Å². The molecule has 5 aromatic carbocycles. The Morgan fingerprint density at radius 1 is 0.712 bits per heavy atom. The summed E-state index contributed by atoms with van der Waals surface area (Å²) in [5, 5.41) is 5.65. The van der Waals surface area contributed by atoms with Gasteiger partial charge in [-0.05, 0) is 54.5 Å². The SMILES string of the molecule is Cc1cccc(/C=C(/NC(=O)c2ccccc2)C(=O)Nc2cccc(SC(C(=O)Nc3c(F)c(F)c(C(F)(F)F)c(F)c3F)c3ccccc3)c2)c1. The molecule has 52 heavy (non-hydrogen) atoms. The lowest BCUT2D eigenvalue weighted by Gasteiger charge is -2.19. The predicted molar refractivity (Wildman–Crippen MR) is 183 cm³/mol. The number of halogens is 7. The highest BCUT2D eigenvalue weighted by molar-refractivity contribution is 8.00. The number of rotatable bonds is 10. The molecule has 1 atom stereocenters. The van der Waals surface area contributed by atoms with E-state index in [4.69, 9.17) is 0 Å². The monoisotopic (exact) mass is 737 g/mol. The van der Waals surface area contributed by atoms with Gasteiger partial charge >= 0.3 is 6.18 Å². The van der Waals surface area contributed by atoms with Crippen molar-refractivity contribution in [2.24, 2.45) is 0 Å². The largest absolute Gasteiger partial charge is 0.422 e. The zero-order valence-corrected chi connectivity index (χ0v) is 27.6. The second-order valence-corrected chi connectivity index (χ2v) is 12.4. The lowest BCUT2D eigenvalue weighted by atomic mass is 10.1. The fraction of sp³-hybridized carbons (Fsp3) is 0.0789. The zero-order chi connectivity index (χ0) is 37.6. The van der Waals surface area contributed by atoms with Crippen LogP contribution in [0.2, 0.25) is 0 Å². The number of anilines is 2. The van der Waals surface area contributed by atoms with E-state index >= 15 is 0 Å². The van der Waals surface area contributed by atoms with Gasteiger partial charge in [0.15, 0.2) is 23.3 Å². The lowest BCUT2D eigenvalue weighted by molar-refractivity contribution is -0.143. The van der Waals surface area contributed by atoms with Crippen molar-refractivity contribution in [2.75, 3.05) is 10.6 Å². The van der Waals surface area contributed by atoms with Crippen molar-refractivity contribution in [1.82, 2.24) is 5.32 Å². The van der Waals surface area contributed by atoms with Crippen LogP contribution in [-0.2, 0) is 15.8 Å². The summed E-state index contributed by atoms with van der Waals surface area (Å²) < 4.78 is 97.3. The topological polar surface area (TPSA) is 87.3 Å². The molecule has 0 spiro atoms. The van der Waals surface area contributed by atoms with Gasteiger partial charge in [0.25, 0.3) is 11.8 Å². The van der Waals surface area contributed by atoms with E-state index in [-0.39, 0.29) is 16.9 Å². The van der Waals surface area contributed by atoms with E-state index in [1.807, 2.05) is 13.0 Å². The van der Waals surface area contributed by atoms with Crippen LogP contribution in [0.25, 0.3) is 6.08 Å². The molecule has 5 aromatic rings. The Kier molecular flexibility index (Phi) is 11.5. The van der Waals surface area contributed by atoms with Gasteiger partial charge in [0.2, 0.25) is 5.91 Å². The molecule has 3 amide bonds. The van der Waals surface area contributed by atoms with Gasteiger partial charge in [0, 0.05) is 16.1 Å². The Hall–Kier alpha value is -5.89. The van der Waals surface area contributed by atoms with Gasteiger partial charge in [0.1, 0.15) is 22.2 Å². The highest BCUT2D eigenvalue weighted by Crippen LogP contribution is 2.41. The zero-order valence-electron chi connectivity index (χ0n) is 26.8. The minimum Gasteiger partial charge on any atom is -0.321 e. The number of alkyl halides is 3.